The van der Waals surface area contributed by atoms with Gasteiger partial charge in [-0.05, 0) is 38.0 Å². The average Bonchev–Trinajstić information content (AvgIpc) is 3.13. The van der Waals surface area contributed by atoms with E-state index >= 15 is 0 Å². The van der Waals surface area contributed by atoms with Gasteiger partial charge in [-0.2, -0.15) is 13.2 Å². The maximum absolute atomic E-state index is 12.5. The first-order chi connectivity index (χ1) is 12.3. The van der Waals surface area contributed by atoms with E-state index in [4.69, 9.17) is 0 Å². The minimum atomic E-state index is -4.53. The molecule has 3 rings (SSSR count). The van der Waals surface area contributed by atoms with Gasteiger partial charge in [0, 0.05) is 25.0 Å². The molecule has 2 aromatic heterocycles. The molecule has 1 aliphatic rings. The molecule has 1 fully saturated rings. The zero-order valence-corrected chi connectivity index (χ0v) is 14.2. The number of amides is 1. The van der Waals surface area contributed by atoms with Crippen molar-refractivity contribution in [1.29, 1.82) is 0 Å². The van der Waals surface area contributed by atoms with Crippen LogP contribution in [0.15, 0.2) is 24.4 Å². The van der Waals surface area contributed by atoms with Gasteiger partial charge in [-0.1, -0.05) is 0 Å². The second-order valence-corrected chi connectivity index (χ2v) is 6.11. The molecule has 1 saturated heterocycles. The second-order valence-electron chi connectivity index (χ2n) is 6.11. The van der Waals surface area contributed by atoms with Crippen molar-refractivity contribution < 1.29 is 18.0 Å². The molecule has 0 atom stereocenters. The van der Waals surface area contributed by atoms with Gasteiger partial charge in [0.1, 0.15) is 5.69 Å². The van der Waals surface area contributed by atoms with Gasteiger partial charge in [0.05, 0.1) is 17.8 Å². The quantitative estimate of drug-likeness (QED) is 0.902. The zero-order valence-electron chi connectivity index (χ0n) is 14.2. The van der Waals surface area contributed by atoms with Crippen LogP contribution in [-0.4, -0.2) is 33.9 Å². The van der Waals surface area contributed by atoms with Crippen LogP contribution >= 0.6 is 0 Å². The topological polar surface area (TPSA) is 71.0 Å². The third kappa shape index (κ3) is 4.27. The molecule has 3 heterocycles. The first-order valence-electron chi connectivity index (χ1n) is 8.24. The Morgan fingerprint density at radius 2 is 1.96 bits per heavy atom. The van der Waals surface area contributed by atoms with Gasteiger partial charge in [-0.25, -0.2) is 9.97 Å². The summed E-state index contributed by atoms with van der Waals surface area (Å²) in [7, 11) is 0. The van der Waals surface area contributed by atoms with Crippen molar-refractivity contribution in [3.63, 3.8) is 0 Å². The van der Waals surface area contributed by atoms with Crippen molar-refractivity contribution in [2.75, 3.05) is 18.0 Å². The Balaban J connectivity index is 1.65. The zero-order chi connectivity index (χ0) is 18.7. The summed E-state index contributed by atoms with van der Waals surface area (Å²) < 4.78 is 37.5. The summed E-state index contributed by atoms with van der Waals surface area (Å²) in [5, 5.41) is 2.65. The molecular formula is C17H18F3N5O. The van der Waals surface area contributed by atoms with Gasteiger partial charge in [0.25, 0.3) is 5.91 Å². The molecule has 9 heteroatoms. The van der Waals surface area contributed by atoms with E-state index in [2.05, 4.69) is 25.2 Å². The minimum Gasteiger partial charge on any atom is -0.346 e. The van der Waals surface area contributed by atoms with Crippen molar-refractivity contribution in [2.45, 2.75) is 32.5 Å². The Morgan fingerprint density at radius 1 is 1.23 bits per heavy atom. The smallest absolute Gasteiger partial charge is 0.346 e. The molecule has 26 heavy (non-hydrogen) atoms. The number of rotatable bonds is 4. The van der Waals surface area contributed by atoms with E-state index in [0.29, 0.717) is 11.6 Å². The maximum Gasteiger partial charge on any atom is 0.433 e. The molecule has 1 N–H and O–H groups in total. The van der Waals surface area contributed by atoms with Gasteiger partial charge in [-0.15, -0.1) is 0 Å². The SMILES string of the molecule is Cc1cc(CNC(=O)c2ccc(C(F)(F)F)nc2)nc(N2CCCC2)n1. The summed E-state index contributed by atoms with van der Waals surface area (Å²) in [4.78, 5) is 26.4. The monoisotopic (exact) mass is 365 g/mol. The fourth-order valence-corrected chi connectivity index (χ4v) is 2.73. The number of hydrogen-bond donors (Lipinski definition) is 1. The number of aromatic nitrogens is 3. The van der Waals surface area contributed by atoms with E-state index in [1.165, 1.54) is 0 Å². The predicted molar refractivity (Wildman–Crippen MR) is 88.6 cm³/mol. The summed E-state index contributed by atoms with van der Waals surface area (Å²) >= 11 is 0. The van der Waals surface area contributed by atoms with E-state index < -0.39 is 17.8 Å². The molecule has 0 aromatic carbocycles. The molecule has 1 amide bonds. The number of carbonyl (C=O) groups excluding carboxylic acids is 1. The van der Waals surface area contributed by atoms with E-state index in [0.717, 1.165) is 50.0 Å². The van der Waals surface area contributed by atoms with Crippen LogP contribution in [0.3, 0.4) is 0 Å². The molecule has 0 radical (unpaired) electrons. The standard InChI is InChI=1S/C17H18F3N5O/c1-11-8-13(24-16(23-11)25-6-2-3-7-25)10-22-15(26)12-4-5-14(21-9-12)17(18,19)20/h4-5,8-9H,2-3,6-7,10H2,1H3,(H,22,26). The Morgan fingerprint density at radius 3 is 2.58 bits per heavy atom. The Labute approximate surface area is 148 Å². The van der Waals surface area contributed by atoms with Gasteiger partial charge >= 0.3 is 6.18 Å². The lowest BCUT2D eigenvalue weighted by Gasteiger charge is -2.16. The largest absolute Gasteiger partial charge is 0.433 e. The average molecular weight is 365 g/mol. The molecule has 138 valence electrons. The highest BCUT2D eigenvalue weighted by Gasteiger charge is 2.32. The van der Waals surface area contributed by atoms with Gasteiger partial charge in [0.2, 0.25) is 5.95 Å². The van der Waals surface area contributed by atoms with Gasteiger partial charge in [0.15, 0.2) is 0 Å². The first-order valence-corrected chi connectivity index (χ1v) is 8.24. The molecule has 0 aliphatic carbocycles. The van der Waals surface area contributed by atoms with E-state index in [9.17, 15) is 18.0 Å². The molecule has 0 bridgehead atoms. The van der Waals surface area contributed by atoms with Crippen LogP contribution in [0.25, 0.3) is 0 Å². The fourth-order valence-electron chi connectivity index (χ4n) is 2.73. The van der Waals surface area contributed by atoms with Crippen molar-refractivity contribution in [1.82, 2.24) is 20.3 Å². The van der Waals surface area contributed by atoms with Crippen LogP contribution < -0.4 is 10.2 Å². The molecule has 0 spiro atoms. The van der Waals surface area contributed by atoms with E-state index in [1.54, 1.807) is 6.07 Å². The number of halogens is 3. The highest BCUT2D eigenvalue weighted by atomic mass is 19.4. The van der Waals surface area contributed by atoms with Crippen LogP contribution in [-0.2, 0) is 12.7 Å². The van der Waals surface area contributed by atoms with Gasteiger partial charge < -0.3 is 10.2 Å². The first kappa shape index (κ1) is 18.1. The molecule has 0 unspecified atom stereocenters. The summed E-state index contributed by atoms with van der Waals surface area (Å²) in [6.07, 6.45) is -1.41. The predicted octanol–water partition coefficient (Wildman–Crippen LogP) is 2.73. The third-order valence-corrected chi connectivity index (χ3v) is 4.03. The van der Waals surface area contributed by atoms with Crippen molar-refractivity contribution in [2.24, 2.45) is 0 Å². The van der Waals surface area contributed by atoms with Crippen molar-refractivity contribution in [3.8, 4) is 0 Å². The number of anilines is 1. The normalized spacial score (nSPS) is 14.5. The number of pyridine rings is 1. The summed E-state index contributed by atoms with van der Waals surface area (Å²) in [5.74, 6) is 0.133. The lowest BCUT2D eigenvalue weighted by molar-refractivity contribution is -0.141. The second kappa shape index (κ2) is 7.27. The fraction of sp³-hybridized carbons (Fsp3) is 0.412. The van der Waals surface area contributed by atoms with E-state index in [1.807, 2.05) is 6.92 Å². The lowest BCUT2D eigenvalue weighted by Crippen LogP contribution is -2.25. The van der Waals surface area contributed by atoms with Crippen LogP contribution in [0.4, 0.5) is 19.1 Å². The van der Waals surface area contributed by atoms with Crippen LogP contribution in [0.2, 0.25) is 0 Å². The number of alkyl halides is 3. The molecule has 2 aromatic rings. The number of nitrogens with zero attached hydrogens (tertiary/aromatic N) is 4. The number of carbonyl (C=O) groups is 1. The van der Waals surface area contributed by atoms with Crippen molar-refractivity contribution >= 4 is 11.9 Å². The molecule has 6 nitrogen and oxygen atoms in total. The number of hydrogen-bond acceptors (Lipinski definition) is 5. The number of aryl methyl sites for hydroxylation is 1. The van der Waals surface area contributed by atoms with Crippen LogP contribution in [0.1, 0.15) is 40.3 Å². The molecule has 0 saturated carbocycles. The van der Waals surface area contributed by atoms with E-state index in [-0.39, 0.29) is 12.1 Å². The van der Waals surface area contributed by atoms with Crippen molar-refractivity contribution in [3.05, 3.63) is 47.0 Å². The Hall–Kier alpha value is -2.71. The van der Waals surface area contributed by atoms with Crippen LogP contribution in [0, 0.1) is 6.92 Å². The molecular weight excluding hydrogens is 347 g/mol. The Kier molecular flexibility index (Phi) is 5.06. The summed E-state index contributed by atoms with van der Waals surface area (Å²) in [5.41, 5.74) is 0.467. The van der Waals surface area contributed by atoms with Gasteiger partial charge in [-0.3, -0.25) is 9.78 Å². The van der Waals surface area contributed by atoms with Crippen LogP contribution in [0.5, 0.6) is 0 Å². The summed E-state index contributed by atoms with van der Waals surface area (Å²) in [6.45, 7) is 3.83. The molecule has 1 aliphatic heterocycles. The number of nitrogens with one attached hydrogen (secondary N) is 1. The third-order valence-electron chi connectivity index (χ3n) is 4.03. The Bertz CT molecular complexity index is 786. The summed E-state index contributed by atoms with van der Waals surface area (Å²) in [6, 6.07) is 3.66. The lowest BCUT2D eigenvalue weighted by atomic mass is 10.2. The minimum absolute atomic E-state index is 0.0588. The highest BCUT2D eigenvalue weighted by Crippen LogP contribution is 2.27. The maximum atomic E-state index is 12.5. The highest BCUT2D eigenvalue weighted by molar-refractivity contribution is 5.93.